The first-order valence-corrected chi connectivity index (χ1v) is 8.37. The Morgan fingerprint density at radius 3 is 2.86 bits per heavy atom. The van der Waals surface area contributed by atoms with Crippen LogP contribution in [0.25, 0.3) is 0 Å². The van der Waals surface area contributed by atoms with E-state index in [4.69, 9.17) is 11.6 Å². The topological polar surface area (TPSA) is 40.5 Å². The highest BCUT2D eigenvalue weighted by Crippen LogP contribution is 2.40. The summed E-state index contributed by atoms with van der Waals surface area (Å²) in [6.07, 6.45) is 5.71. The number of nitrogens with zero attached hydrogens (tertiary/aromatic N) is 1. The fourth-order valence-electron chi connectivity index (χ4n) is 4.13. The van der Waals surface area contributed by atoms with Crippen LogP contribution in [0.15, 0.2) is 18.2 Å². The number of fused-ring (bicyclic) bond motifs is 1. The van der Waals surface area contributed by atoms with Crippen molar-refractivity contribution in [3.63, 3.8) is 0 Å². The Hall–Kier alpha value is -1.13. The molecule has 3 atom stereocenters. The van der Waals surface area contributed by atoms with Gasteiger partial charge < -0.3 is 5.11 Å². The average Bonchev–Trinajstić information content (AvgIpc) is 2.86. The molecule has 2 aliphatic rings. The minimum absolute atomic E-state index is 0.307. The number of hydrogen-bond donors (Lipinski definition) is 1. The minimum Gasteiger partial charge on any atom is -0.480 e. The van der Waals surface area contributed by atoms with E-state index in [0.29, 0.717) is 35.5 Å². The molecule has 0 radical (unpaired) electrons. The summed E-state index contributed by atoms with van der Waals surface area (Å²) in [5.74, 6) is -0.585. The second-order valence-electron chi connectivity index (χ2n) is 6.39. The third-order valence-corrected chi connectivity index (χ3v) is 5.54. The molecule has 1 N–H and O–H groups in total. The van der Waals surface area contributed by atoms with Crippen molar-refractivity contribution >= 4 is 17.6 Å². The zero-order valence-corrected chi connectivity index (χ0v) is 13.2. The van der Waals surface area contributed by atoms with Gasteiger partial charge in [-0.15, -0.1) is 0 Å². The van der Waals surface area contributed by atoms with Gasteiger partial charge in [-0.25, -0.2) is 4.39 Å². The number of carbonyl (C=O) groups is 1. The van der Waals surface area contributed by atoms with Gasteiger partial charge in [-0.2, -0.15) is 0 Å². The molecule has 1 saturated carbocycles. The fraction of sp³-hybridized carbons (Fsp3) is 0.588. The summed E-state index contributed by atoms with van der Waals surface area (Å²) in [4.78, 5) is 13.6. The van der Waals surface area contributed by atoms with Crippen LogP contribution in [0.3, 0.4) is 0 Å². The maximum atomic E-state index is 13.9. The van der Waals surface area contributed by atoms with Crippen molar-refractivity contribution in [3.05, 3.63) is 34.6 Å². The molecule has 120 valence electrons. The molecule has 0 amide bonds. The van der Waals surface area contributed by atoms with Crippen molar-refractivity contribution < 1.29 is 14.3 Å². The van der Waals surface area contributed by atoms with E-state index in [-0.39, 0.29) is 5.82 Å². The number of aliphatic carboxylic acids is 1. The average molecular weight is 326 g/mol. The van der Waals surface area contributed by atoms with Crippen LogP contribution in [-0.4, -0.2) is 34.6 Å². The molecule has 1 aliphatic carbocycles. The number of hydrogen-bond acceptors (Lipinski definition) is 2. The Morgan fingerprint density at radius 2 is 2.14 bits per heavy atom. The molecule has 1 heterocycles. The fourth-order valence-corrected chi connectivity index (χ4v) is 4.39. The van der Waals surface area contributed by atoms with E-state index in [2.05, 4.69) is 4.90 Å². The van der Waals surface area contributed by atoms with E-state index in [1.165, 1.54) is 12.5 Å². The molecule has 0 spiro atoms. The quantitative estimate of drug-likeness (QED) is 0.916. The lowest BCUT2D eigenvalue weighted by molar-refractivity contribution is -0.142. The number of rotatable bonds is 4. The van der Waals surface area contributed by atoms with Gasteiger partial charge in [-0.05, 0) is 43.7 Å². The molecule has 3 unspecified atom stereocenters. The van der Waals surface area contributed by atoms with Gasteiger partial charge in [-0.3, -0.25) is 9.69 Å². The van der Waals surface area contributed by atoms with Gasteiger partial charge in [-0.1, -0.05) is 30.5 Å². The number of likely N-dealkylation sites (tertiary alicyclic amines) is 1. The summed E-state index contributed by atoms with van der Waals surface area (Å²) in [5.41, 5.74) is 0.493. The molecule has 0 aromatic heterocycles. The summed E-state index contributed by atoms with van der Waals surface area (Å²) < 4.78 is 13.9. The van der Waals surface area contributed by atoms with E-state index < -0.39 is 12.0 Å². The van der Waals surface area contributed by atoms with Gasteiger partial charge in [0.1, 0.15) is 11.9 Å². The zero-order valence-electron chi connectivity index (χ0n) is 12.5. The van der Waals surface area contributed by atoms with Gasteiger partial charge in [0.15, 0.2) is 0 Å². The summed E-state index contributed by atoms with van der Waals surface area (Å²) >= 11 is 6.08. The molecule has 1 saturated heterocycles. The van der Waals surface area contributed by atoms with E-state index in [0.717, 1.165) is 25.7 Å². The monoisotopic (exact) mass is 325 g/mol. The van der Waals surface area contributed by atoms with Crippen molar-refractivity contribution in [1.82, 2.24) is 4.90 Å². The molecule has 2 fully saturated rings. The highest BCUT2D eigenvalue weighted by Gasteiger charge is 2.44. The van der Waals surface area contributed by atoms with Gasteiger partial charge in [0, 0.05) is 23.2 Å². The van der Waals surface area contributed by atoms with Crippen LogP contribution in [0.1, 0.15) is 37.7 Å². The van der Waals surface area contributed by atoms with Crippen LogP contribution in [0.5, 0.6) is 0 Å². The molecule has 3 nitrogen and oxygen atoms in total. The molecule has 0 bridgehead atoms. The van der Waals surface area contributed by atoms with Gasteiger partial charge in [0.2, 0.25) is 0 Å². The molecule has 3 rings (SSSR count). The molecule has 1 aliphatic heterocycles. The van der Waals surface area contributed by atoms with Crippen LogP contribution in [-0.2, 0) is 11.2 Å². The van der Waals surface area contributed by atoms with Crippen LogP contribution in [0, 0.1) is 11.7 Å². The highest BCUT2D eigenvalue weighted by atomic mass is 35.5. The van der Waals surface area contributed by atoms with Crippen LogP contribution < -0.4 is 0 Å². The first-order valence-electron chi connectivity index (χ1n) is 7.99. The maximum absolute atomic E-state index is 13.9. The normalized spacial score (nSPS) is 28.5. The Bertz CT molecular complexity index is 545. The molecular weight excluding hydrogens is 305 g/mol. The van der Waals surface area contributed by atoms with Crippen molar-refractivity contribution in [2.75, 3.05) is 6.54 Å². The van der Waals surface area contributed by atoms with E-state index in [1.54, 1.807) is 12.1 Å². The summed E-state index contributed by atoms with van der Waals surface area (Å²) in [5, 5.41) is 9.92. The number of benzene rings is 1. The SMILES string of the molecule is O=C(O)C1CC2CCCCC2N1CCc1c(F)cccc1Cl. The standard InChI is InChI=1S/C17H21ClFNO2/c18-13-5-3-6-14(19)12(13)8-9-20-15-7-2-1-4-11(15)10-16(20)17(21)22/h3,5-6,11,15-16H,1-2,4,7-10H2,(H,21,22). The smallest absolute Gasteiger partial charge is 0.320 e. The first-order chi connectivity index (χ1) is 10.6. The predicted molar refractivity (Wildman–Crippen MR) is 83.6 cm³/mol. The summed E-state index contributed by atoms with van der Waals surface area (Å²) in [6, 6.07) is 4.58. The van der Waals surface area contributed by atoms with Gasteiger partial charge in [0.05, 0.1) is 0 Å². The molecule has 1 aromatic carbocycles. The van der Waals surface area contributed by atoms with Crippen LogP contribution in [0.4, 0.5) is 4.39 Å². The van der Waals surface area contributed by atoms with Crippen molar-refractivity contribution in [1.29, 1.82) is 0 Å². The van der Waals surface area contributed by atoms with Gasteiger partial charge >= 0.3 is 5.97 Å². The minimum atomic E-state index is -0.756. The second kappa shape index (κ2) is 6.55. The largest absolute Gasteiger partial charge is 0.480 e. The van der Waals surface area contributed by atoms with Crippen LogP contribution >= 0.6 is 11.6 Å². The Morgan fingerprint density at radius 1 is 1.36 bits per heavy atom. The summed E-state index contributed by atoms with van der Waals surface area (Å²) in [7, 11) is 0. The molecule has 5 heteroatoms. The third kappa shape index (κ3) is 2.99. The first kappa shape index (κ1) is 15.8. The number of halogens is 2. The van der Waals surface area contributed by atoms with Crippen molar-refractivity contribution in [2.45, 2.75) is 50.6 Å². The third-order valence-electron chi connectivity index (χ3n) is 5.19. The number of carboxylic acid groups (broad SMARTS) is 1. The lowest BCUT2D eigenvalue weighted by Crippen LogP contribution is -2.43. The highest BCUT2D eigenvalue weighted by molar-refractivity contribution is 6.31. The Kier molecular flexibility index (Phi) is 4.69. The summed E-state index contributed by atoms with van der Waals surface area (Å²) in [6.45, 7) is 0.554. The van der Waals surface area contributed by atoms with E-state index >= 15 is 0 Å². The molecule has 1 aromatic rings. The van der Waals surface area contributed by atoms with Gasteiger partial charge in [0.25, 0.3) is 0 Å². The Balaban J connectivity index is 1.75. The second-order valence-corrected chi connectivity index (χ2v) is 6.80. The Labute approximate surface area is 135 Å². The lowest BCUT2D eigenvalue weighted by Gasteiger charge is -2.33. The zero-order chi connectivity index (χ0) is 15.7. The lowest BCUT2D eigenvalue weighted by atomic mass is 9.84. The number of carboxylic acids is 1. The molecule has 22 heavy (non-hydrogen) atoms. The van der Waals surface area contributed by atoms with Crippen molar-refractivity contribution in [3.8, 4) is 0 Å². The predicted octanol–water partition coefficient (Wildman–Crippen LogP) is 3.74. The molecular formula is C17H21ClFNO2. The van der Waals surface area contributed by atoms with Crippen molar-refractivity contribution in [2.24, 2.45) is 5.92 Å². The maximum Gasteiger partial charge on any atom is 0.320 e. The van der Waals surface area contributed by atoms with E-state index in [9.17, 15) is 14.3 Å². The van der Waals surface area contributed by atoms with E-state index in [1.807, 2.05) is 0 Å². The van der Waals surface area contributed by atoms with Crippen LogP contribution in [0.2, 0.25) is 5.02 Å².